The molecule has 2 saturated heterocycles. The Morgan fingerprint density at radius 3 is 2.30 bits per heavy atom. The first kappa shape index (κ1) is 15.3. The van der Waals surface area contributed by atoms with Crippen LogP contribution >= 0.6 is 12.4 Å². The molecule has 0 unspecified atom stereocenters. The maximum atomic E-state index is 12.5. The minimum absolute atomic E-state index is 0. The van der Waals surface area contributed by atoms with Gasteiger partial charge in [-0.1, -0.05) is 0 Å². The van der Waals surface area contributed by atoms with Crippen LogP contribution in [0.3, 0.4) is 0 Å². The lowest BCUT2D eigenvalue weighted by Crippen LogP contribution is -2.33. The molecule has 20 heavy (non-hydrogen) atoms. The van der Waals surface area contributed by atoms with Crippen LogP contribution in [0.25, 0.3) is 0 Å². The van der Waals surface area contributed by atoms with E-state index in [0.717, 1.165) is 62.1 Å². The first-order valence-corrected chi connectivity index (χ1v) is 7.18. The fourth-order valence-corrected chi connectivity index (χ4v) is 3.26. The van der Waals surface area contributed by atoms with Crippen LogP contribution in [0.2, 0.25) is 0 Å². The Morgan fingerprint density at radius 2 is 1.80 bits per heavy atom. The molecule has 2 aliphatic heterocycles. The maximum Gasteiger partial charge on any atom is 0.274 e. The monoisotopic (exact) mass is 298 g/mol. The fraction of sp³-hybridized carbons (Fsp3) is 0.714. The first-order valence-electron chi connectivity index (χ1n) is 7.18. The van der Waals surface area contributed by atoms with Gasteiger partial charge in [-0.25, -0.2) is 0 Å². The summed E-state index contributed by atoms with van der Waals surface area (Å²) in [6.07, 6.45) is 2.23. The highest BCUT2D eigenvalue weighted by molar-refractivity contribution is 5.93. The molecular formula is C14H23ClN4O. The highest BCUT2D eigenvalue weighted by Gasteiger charge is 2.32. The lowest BCUT2D eigenvalue weighted by Gasteiger charge is -2.20. The number of nitrogens with one attached hydrogen (secondary N) is 2. The lowest BCUT2D eigenvalue weighted by atomic mass is 9.92. The standard InChI is InChI=1S/C14H22N4O.ClH/c1-9-10(2)16-17-13(9)14(19)18-5-3-11-7-15-8-12(11)4-6-18;/h11-12,15H,3-8H2,1-2H3,(H,16,17);1H/t11-,12+;. The molecule has 1 aromatic heterocycles. The number of aryl methyl sites for hydroxylation is 1. The Labute approximate surface area is 125 Å². The molecule has 0 saturated carbocycles. The molecule has 0 aliphatic carbocycles. The molecule has 6 heteroatoms. The van der Waals surface area contributed by atoms with Gasteiger partial charge in [0.15, 0.2) is 5.69 Å². The Kier molecular flexibility index (Phi) is 4.70. The van der Waals surface area contributed by atoms with Gasteiger partial charge in [-0.05, 0) is 51.6 Å². The zero-order valence-electron chi connectivity index (χ0n) is 12.1. The Balaban J connectivity index is 0.00000147. The molecule has 2 atom stereocenters. The summed E-state index contributed by atoms with van der Waals surface area (Å²) >= 11 is 0. The van der Waals surface area contributed by atoms with Gasteiger partial charge in [0.2, 0.25) is 0 Å². The molecule has 0 spiro atoms. The number of amides is 1. The third-order valence-electron chi connectivity index (χ3n) is 4.76. The molecule has 112 valence electrons. The third-order valence-corrected chi connectivity index (χ3v) is 4.76. The highest BCUT2D eigenvalue weighted by Crippen LogP contribution is 2.27. The molecule has 0 radical (unpaired) electrons. The summed E-state index contributed by atoms with van der Waals surface area (Å²) in [5.74, 6) is 1.59. The first-order chi connectivity index (χ1) is 9.16. The second-order valence-electron chi connectivity index (χ2n) is 5.87. The Bertz CT molecular complexity index is 474. The van der Waals surface area contributed by atoms with E-state index in [9.17, 15) is 4.79 Å². The van der Waals surface area contributed by atoms with Crippen LogP contribution in [0.4, 0.5) is 0 Å². The molecule has 3 rings (SSSR count). The van der Waals surface area contributed by atoms with Crippen LogP contribution in [0, 0.1) is 25.7 Å². The van der Waals surface area contributed by atoms with Crippen molar-refractivity contribution in [3.63, 3.8) is 0 Å². The fourth-order valence-electron chi connectivity index (χ4n) is 3.26. The molecule has 5 nitrogen and oxygen atoms in total. The van der Waals surface area contributed by atoms with Crippen molar-refractivity contribution in [3.8, 4) is 0 Å². The number of halogens is 1. The molecule has 3 heterocycles. The van der Waals surface area contributed by atoms with E-state index in [4.69, 9.17) is 0 Å². The van der Waals surface area contributed by atoms with Crippen molar-refractivity contribution in [2.75, 3.05) is 26.2 Å². The average Bonchev–Trinajstić information content (AvgIpc) is 2.92. The normalized spacial score (nSPS) is 25.8. The van der Waals surface area contributed by atoms with E-state index in [1.807, 2.05) is 18.7 Å². The van der Waals surface area contributed by atoms with Crippen molar-refractivity contribution in [1.29, 1.82) is 0 Å². The molecule has 2 N–H and O–H groups in total. The van der Waals surface area contributed by atoms with Crippen LogP contribution in [0.15, 0.2) is 0 Å². The van der Waals surface area contributed by atoms with Gasteiger partial charge in [-0.3, -0.25) is 9.89 Å². The number of rotatable bonds is 1. The van der Waals surface area contributed by atoms with E-state index >= 15 is 0 Å². The van der Waals surface area contributed by atoms with Gasteiger partial charge in [0.05, 0.1) is 0 Å². The number of H-pyrrole nitrogens is 1. The van der Waals surface area contributed by atoms with Crippen LogP contribution in [-0.4, -0.2) is 47.2 Å². The maximum absolute atomic E-state index is 12.5. The Morgan fingerprint density at radius 1 is 1.20 bits per heavy atom. The SMILES string of the molecule is Cc1[nH]nc(C(=O)N2CC[C@@H]3CNC[C@@H]3CC2)c1C.Cl. The van der Waals surface area contributed by atoms with Gasteiger partial charge in [0, 0.05) is 24.3 Å². The minimum Gasteiger partial charge on any atom is -0.337 e. The number of carbonyl (C=O) groups excluding carboxylic acids is 1. The molecule has 0 aromatic carbocycles. The van der Waals surface area contributed by atoms with Crippen molar-refractivity contribution in [3.05, 3.63) is 17.0 Å². The van der Waals surface area contributed by atoms with E-state index in [0.29, 0.717) is 5.69 Å². The van der Waals surface area contributed by atoms with Crippen molar-refractivity contribution < 1.29 is 4.79 Å². The minimum atomic E-state index is 0. The van der Waals surface area contributed by atoms with Gasteiger partial charge in [-0.15, -0.1) is 12.4 Å². The quantitative estimate of drug-likeness (QED) is 0.826. The predicted octanol–water partition coefficient (Wildman–Crippen LogP) is 1.52. The number of aromatic nitrogens is 2. The molecule has 0 bridgehead atoms. The number of nitrogens with zero attached hydrogens (tertiary/aromatic N) is 2. The topological polar surface area (TPSA) is 61.0 Å². The number of likely N-dealkylation sites (tertiary alicyclic amines) is 1. The summed E-state index contributed by atoms with van der Waals surface area (Å²) in [7, 11) is 0. The Hall–Kier alpha value is -1.07. The number of fused-ring (bicyclic) bond motifs is 1. The van der Waals surface area contributed by atoms with Gasteiger partial charge in [0.1, 0.15) is 0 Å². The predicted molar refractivity (Wildman–Crippen MR) is 80.3 cm³/mol. The summed E-state index contributed by atoms with van der Waals surface area (Å²) < 4.78 is 0. The van der Waals surface area contributed by atoms with Crippen LogP contribution < -0.4 is 5.32 Å². The number of hydrogen-bond donors (Lipinski definition) is 2. The van der Waals surface area contributed by atoms with Crippen molar-refractivity contribution in [1.82, 2.24) is 20.4 Å². The zero-order valence-corrected chi connectivity index (χ0v) is 12.9. The van der Waals surface area contributed by atoms with Crippen molar-refractivity contribution in [2.24, 2.45) is 11.8 Å². The van der Waals surface area contributed by atoms with E-state index < -0.39 is 0 Å². The smallest absolute Gasteiger partial charge is 0.274 e. The van der Waals surface area contributed by atoms with Crippen LogP contribution in [0.5, 0.6) is 0 Å². The van der Waals surface area contributed by atoms with Crippen molar-refractivity contribution in [2.45, 2.75) is 26.7 Å². The summed E-state index contributed by atoms with van der Waals surface area (Å²) in [5, 5.41) is 10.5. The van der Waals surface area contributed by atoms with E-state index in [2.05, 4.69) is 15.5 Å². The molecule has 2 fully saturated rings. The molecule has 2 aliphatic rings. The zero-order chi connectivity index (χ0) is 13.4. The molecule has 1 aromatic rings. The van der Waals surface area contributed by atoms with E-state index in [1.54, 1.807) is 0 Å². The summed E-state index contributed by atoms with van der Waals surface area (Å²) in [6.45, 7) is 7.89. The number of aromatic amines is 1. The van der Waals surface area contributed by atoms with Gasteiger partial charge >= 0.3 is 0 Å². The summed E-state index contributed by atoms with van der Waals surface area (Å²) in [6, 6.07) is 0. The van der Waals surface area contributed by atoms with Gasteiger partial charge < -0.3 is 10.2 Å². The third kappa shape index (κ3) is 2.69. The second kappa shape index (κ2) is 6.14. The van der Waals surface area contributed by atoms with Crippen molar-refractivity contribution >= 4 is 18.3 Å². The van der Waals surface area contributed by atoms with Gasteiger partial charge in [-0.2, -0.15) is 5.10 Å². The van der Waals surface area contributed by atoms with Crippen LogP contribution in [0.1, 0.15) is 34.6 Å². The summed E-state index contributed by atoms with van der Waals surface area (Å²) in [4.78, 5) is 14.5. The summed E-state index contributed by atoms with van der Waals surface area (Å²) in [5.41, 5.74) is 2.57. The molecule has 1 amide bonds. The largest absolute Gasteiger partial charge is 0.337 e. The second-order valence-corrected chi connectivity index (χ2v) is 5.87. The lowest BCUT2D eigenvalue weighted by molar-refractivity contribution is 0.0752. The molecular weight excluding hydrogens is 276 g/mol. The number of carbonyl (C=O) groups is 1. The van der Waals surface area contributed by atoms with E-state index in [-0.39, 0.29) is 18.3 Å². The van der Waals surface area contributed by atoms with Gasteiger partial charge in [0.25, 0.3) is 5.91 Å². The average molecular weight is 299 g/mol. The van der Waals surface area contributed by atoms with Crippen LogP contribution in [-0.2, 0) is 0 Å². The highest BCUT2D eigenvalue weighted by atomic mass is 35.5. The van der Waals surface area contributed by atoms with E-state index in [1.165, 1.54) is 0 Å². The number of hydrogen-bond acceptors (Lipinski definition) is 3.